The molecule has 0 heterocycles. The molecule has 5 nitrogen and oxygen atoms in total. The summed E-state index contributed by atoms with van der Waals surface area (Å²) in [4.78, 5) is 23.7. The molecule has 0 N–H and O–H groups in total. The molecule has 2 aromatic carbocycles. The fourth-order valence-corrected chi connectivity index (χ4v) is 3.03. The summed E-state index contributed by atoms with van der Waals surface area (Å²) in [6.07, 6.45) is 1.33. The zero-order valence-corrected chi connectivity index (χ0v) is 13.3. The zero-order chi connectivity index (χ0) is 17.0. The second kappa shape index (κ2) is 6.70. The molecule has 1 unspecified atom stereocenters. The standard InChI is InChI=1S/C16H14FNO4S/c1-11(19)22-15-10-12(17)8-9-14(15)16(20)18-23(2,21)13-6-4-3-5-7-13/h3-10H,1-2H3. The predicted molar refractivity (Wildman–Crippen MR) is 83.2 cm³/mol. The highest BCUT2D eigenvalue weighted by atomic mass is 32.2. The lowest BCUT2D eigenvalue weighted by molar-refractivity contribution is -0.131. The maximum absolute atomic E-state index is 13.3. The van der Waals surface area contributed by atoms with E-state index in [9.17, 15) is 18.2 Å². The number of rotatable bonds is 3. The number of benzene rings is 2. The number of hydrogen-bond acceptors (Lipinski definition) is 4. The first-order valence-electron chi connectivity index (χ1n) is 6.59. The van der Waals surface area contributed by atoms with Crippen LogP contribution in [-0.2, 0) is 14.5 Å². The number of ether oxygens (including phenoxy) is 1. The first-order valence-corrected chi connectivity index (χ1v) is 8.51. The molecule has 0 saturated heterocycles. The van der Waals surface area contributed by atoms with Crippen LogP contribution in [0.15, 0.2) is 57.8 Å². The zero-order valence-electron chi connectivity index (χ0n) is 12.5. The van der Waals surface area contributed by atoms with Crippen molar-refractivity contribution in [3.63, 3.8) is 0 Å². The third-order valence-corrected chi connectivity index (χ3v) is 4.53. The van der Waals surface area contributed by atoms with Gasteiger partial charge in [0.2, 0.25) is 0 Å². The molecule has 0 radical (unpaired) electrons. The van der Waals surface area contributed by atoms with Crippen LogP contribution in [0.4, 0.5) is 4.39 Å². The summed E-state index contributed by atoms with van der Waals surface area (Å²) in [6, 6.07) is 11.4. The molecule has 2 rings (SSSR count). The van der Waals surface area contributed by atoms with Crippen molar-refractivity contribution in [2.75, 3.05) is 6.26 Å². The lowest BCUT2D eigenvalue weighted by atomic mass is 10.2. The Labute approximate surface area is 133 Å². The van der Waals surface area contributed by atoms with E-state index in [2.05, 4.69) is 4.36 Å². The van der Waals surface area contributed by atoms with Crippen LogP contribution in [0.1, 0.15) is 17.3 Å². The van der Waals surface area contributed by atoms with Gasteiger partial charge in [-0.25, -0.2) is 8.60 Å². The van der Waals surface area contributed by atoms with Crippen LogP contribution < -0.4 is 4.74 Å². The van der Waals surface area contributed by atoms with Crippen LogP contribution >= 0.6 is 0 Å². The van der Waals surface area contributed by atoms with Crippen LogP contribution in [0.5, 0.6) is 5.75 Å². The van der Waals surface area contributed by atoms with Crippen LogP contribution in [0.3, 0.4) is 0 Å². The van der Waals surface area contributed by atoms with E-state index in [4.69, 9.17) is 4.74 Å². The molecule has 0 aliphatic rings. The summed E-state index contributed by atoms with van der Waals surface area (Å²) >= 11 is 0. The number of carbonyl (C=O) groups is 2. The summed E-state index contributed by atoms with van der Waals surface area (Å²) in [5, 5.41) is 0. The van der Waals surface area contributed by atoms with E-state index in [1.807, 2.05) is 0 Å². The summed E-state index contributed by atoms with van der Waals surface area (Å²) in [5.74, 6) is -2.48. The number of amides is 1. The van der Waals surface area contributed by atoms with Gasteiger partial charge in [-0.05, 0) is 24.3 Å². The van der Waals surface area contributed by atoms with Crippen molar-refractivity contribution in [1.29, 1.82) is 0 Å². The molecule has 0 aromatic heterocycles. The SMILES string of the molecule is CC(=O)Oc1cc(F)ccc1C(=O)N=S(C)(=O)c1ccccc1. The first kappa shape index (κ1) is 16.8. The molecule has 1 amide bonds. The Morgan fingerprint density at radius 1 is 1.13 bits per heavy atom. The van der Waals surface area contributed by atoms with Gasteiger partial charge in [0.25, 0.3) is 5.91 Å². The second-order valence-electron chi connectivity index (χ2n) is 4.75. The molecule has 2 aromatic rings. The third kappa shape index (κ3) is 4.23. The van der Waals surface area contributed by atoms with Gasteiger partial charge in [-0.3, -0.25) is 9.59 Å². The molecule has 1 atom stereocenters. The summed E-state index contributed by atoms with van der Waals surface area (Å²) < 4.78 is 34.4. The third-order valence-electron chi connectivity index (χ3n) is 2.87. The molecular formula is C16H14FNO4S. The van der Waals surface area contributed by atoms with Gasteiger partial charge in [0, 0.05) is 24.1 Å². The fourth-order valence-electron chi connectivity index (χ4n) is 1.85. The van der Waals surface area contributed by atoms with Crippen molar-refractivity contribution in [2.24, 2.45) is 4.36 Å². The van der Waals surface area contributed by atoms with Crippen molar-refractivity contribution in [3.8, 4) is 5.75 Å². The minimum atomic E-state index is -2.97. The highest BCUT2D eigenvalue weighted by Crippen LogP contribution is 2.22. The minimum absolute atomic E-state index is 0.132. The summed E-state index contributed by atoms with van der Waals surface area (Å²) in [7, 11) is -2.97. The molecule has 120 valence electrons. The van der Waals surface area contributed by atoms with Gasteiger partial charge in [-0.15, -0.1) is 0 Å². The largest absolute Gasteiger partial charge is 0.426 e. The lowest BCUT2D eigenvalue weighted by Crippen LogP contribution is -2.09. The van der Waals surface area contributed by atoms with Crippen molar-refractivity contribution in [2.45, 2.75) is 11.8 Å². The van der Waals surface area contributed by atoms with Crippen LogP contribution in [-0.4, -0.2) is 22.3 Å². The van der Waals surface area contributed by atoms with E-state index in [0.717, 1.165) is 25.1 Å². The quantitative estimate of drug-likeness (QED) is 0.638. The minimum Gasteiger partial charge on any atom is -0.426 e. The summed E-state index contributed by atoms with van der Waals surface area (Å²) in [6.45, 7) is 1.13. The van der Waals surface area contributed by atoms with Crippen molar-refractivity contribution in [1.82, 2.24) is 0 Å². The number of nitrogens with zero attached hydrogens (tertiary/aromatic N) is 1. The first-order chi connectivity index (χ1) is 10.8. The molecule has 0 aliphatic heterocycles. The maximum Gasteiger partial charge on any atom is 0.308 e. The van der Waals surface area contributed by atoms with Gasteiger partial charge in [0.15, 0.2) is 0 Å². The van der Waals surface area contributed by atoms with E-state index < -0.39 is 27.4 Å². The monoisotopic (exact) mass is 335 g/mol. The smallest absolute Gasteiger partial charge is 0.308 e. The molecule has 0 bridgehead atoms. The Morgan fingerprint density at radius 3 is 2.39 bits per heavy atom. The molecule has 0 aliphatic carbocycles. The molecule has 0 saturated carbocycles. The number of halogens is 1. The van der Waals surface area contributed by atoms with Gasteiger partial charge in [-0.1, -0.05) is 18.2 Å². The molecular weight excluding hydrogens is 321 g/mol. The highest BCUT2D eigenvalue weighted by molar-refractivity contribution is 7.93. The van der Waals surface area contributed by atoms with Crippen LogP contribution in [0, 0.1) is 5.82 Å². The number of carbonyl (C=O) groups excluding carboxylic acids is 2. The van der Waals surface area contributed by atoms with Gasteiger partial charge in [-0.2, -0.15) is 4.36 Å². The molecule has 0 fully saturated rings. The van der Waals surface area contributed by atoms with Gasteiger partial charge in [0.1, 0.15) is 11.6 Å². The van der Waals surface area contributed by atoms with Crippen molar-refractivity contribution < 1.29 is 22.9 Å². The van der Waals surface area contributed by atoms with E-state index >= 15 is 0 Å². The van der Waals surface area contributed by atoms with E-state index in [0.29, 0.717) is 4.90 Å². The van der Waals surface area contributed by atoms with Crippen molar-refractivity contribution in [3.05, 3.63) is 59.9 Å². The van der Waals surface area contributed by atoms with Gasteiger partial charge < -0.3 is 4.74 Å². The van der Waals surface area contributed by atoms with Gasteiger partial charge >= 0.3 is 5.97 Å². The Kier molecular flexibility index (Phi) is 4.90. The second-order valence-corrected chi connectivity index (χ2v) is 7.01. The number of hydrogen-bond donors (Lipinski definition) is 0. The van der Waals surface area contributed by atoms with Crippen LogP contribution in [0.25, 0.3) is 0 Å². The average Bonchev–Trinajstić information content (AvgIpc) is 2.47. The van der Waals surface area contributed by atoms with E-state index in [-0.39, 0.29) is 11.3 Å². The van der Waals surface area contributed by atoms with Gasteiger partial charge in [0.05, 0.1) is 15.3 Å². The molecule has 7 heteroatoms. The van der Waals surface area contributed by atoms with E-state index in [1.54, 1.807) is 30.3 Å². The maximum atomic E-state index is 13.3. The van der Waals surface area contributed by atoms with Crippen molar-refractivity contribution >= 4 is 21.6 Å². The van der Waals surface area contributed by atoms with Crippen LogP contribution in [0.2, 0.25) is 0 Å². The average molecular weight is 335 g/mol. The molecule has 0 spiro atoms. The Morgan fingerprint density at radius 2 is 1.78 bits per heavy atom. The summed E-state index contributed by atoms with van der Waals surface area (Å²) in [5.41, 5.74) is -0.132. The Balaban J connectivity index is 2.47. The normalized spacial score (nSPS) is 13.0. The predicted octanol–water partition coefficient (Wildman–Crippen LogP) is 3.05. The lowest BCUT2D eigenvalue weighted by Gasteiger charge is -2.07. The Hall–Kier alpha value is -2.54. The molecule has 23 heavy (non-hydrogen) atoms. The topological polar surface area (TPSA) is 72.8 Å². The Bertz CT molecular complexity index is 871. The fraction of sp³-hybridized carbons (Fsp3) is 0.125. The van der Waals surface area contributed by atoms with E-state index in [1.165, 1.54) is 6.26 Å². The number of esters is 1. The highest BCUT2D eigenvalue weighted by Gasteiger charge is 2.17.